The lowest BCUT2D eigenvalue weighted by Gasteiger charge is -2.37. The van der Waals surface area contributed by atoms with Gasteiger partial charge in [0.1, 0.15) is 0 Å². The Morgan fingerprint density at radius 2 is 1.64 bits per heavy atom. The summed E-state index contributed by atoms with van der Waals surface area (Å²) >= 11 is 0. The second-order valence-corrected chi connectivity index (χ2v) is 5.15. The van der Waals surface area contributed by atoms with Gasteiger partial charge in [0.05, 0.1) is 0 Å². The highest BCUT2D eigenvalue weighted by Crippen LogP contribution is 2.28. The fourth-order valence-electron chi connectivity index (χ4n) is 2.69. The molecule has 1 saturated heterocycles. The van der Waals surface area contributed by atoms with Gasteiger partial charge in [-0.05, 0) is 19.9 Å². The molecule has 3 nitrogen and oxygen atoms in total. The Hall–Kier alpha value is -0.120. The SMILES string of the molecule is CN1CCN(CC2(N)CCCC2)CC1. The molecule has 14 heavy (non-hydrogen) atoms. The minimum Gasteiger partial charge on any atom is -0.324 e. The van der Waals surface area contributed by atoms with E-state index in [9.17, 15) is 0 Å². The molecule has 1 heterocycles. The van der Waals surface area contributed by atoms with Gasteiger partial charge in [0.2, 0.25) is 0 Å². The highest BCUT2D eigenvalue weighted by atomic mass is 15.3. The number of piperazine rings is 1. The van der Waals surface area contributed by atoms with E-state index >= 15 is 0 Å². The van der Waals surface area contributed by atoms with Crippen molar-refractivity contribution in [3.8, 4) is 0 Å². The van der Waals surface area contributed by atoms with E-state index in [2.05, 4.69) is 16.8 Å². The van der Waals surface area contributed by atoms with Gasteiger partial charge in [-0.2, -0.15) is 0 Å². The number of hydrogen-bond acceptors (Lipinski definition) is 3. The third-order valence-corrected chi connectivity index (χ3v) is 3.73. The van der Waals surface area contributed by atoms with E-state index in [1.165, 1.54) is 51.9 Å². The van der Waals surface area contributed by atoms with Gasteiger partial charge >= 0.3 is 0 Å². The molecule has 1 aliphatic heterocycles. The van der Waals surface area contributed by atoms with Crippen LogP contribution in [-0.4, -0.2) is 55.1 Å². The number of likely N-dealkylation sites (N-methyl/N-ethyl adjacent to an activating group) is 1. The van der Waals surface area contributed by atoms with Crippen molar-refractivity contribution in [1.82, 2.24) is 9.80 Å². The minimum absolute atomic E-state index is 0.149. The summed E-state index contributed by atoms with van der Waals surface area (Å²) in [5.41, 5.74) is 6.52. The smallest absolute Gasteiger partial charge is 0.0283 e. The van der Waals surface area contributed by atoms with Crippen LogP contribution in [-0.2, 0) is 0 Å². The summed E-state index contributed by atoms with van der Waals surface area (Å²) in [7, 11) is 2.20. The Labute approximate surface area is 87.2 Å². The maximum Gasteiger partial charge on any atom is 0.0283 e. The van der Waals surface area contributed by atoms with E-state index in [0.29, 0.717) is 0 Å². The van der Waals surface area contributed by atoms with Crippen LogP contribution in [0.2, 0.25) is 0 Å². The highest BCUT2D eigenvalue weighted by Gasteiger charge is 2.31. The number of rotatable bonds is 2. The monoisotopic (exact) mass is 197 g/mol. The topological polar surface area (TPSA) is 32.5 Å². The quantitative estimate of drug-likeness (QED) is 0.700. The van der Waals surface area contributed by atoms with Gasteiger partial charge < -0.3 is 10.6 Å². The molecule has 2 fully saturated rings. The molecule has 2 rings (SSSR count). The van der Waals surface area contributed by atoms with Crippen molar-refractivity contribution in [2.24, 2.45) is 5.73 Å². The van der Waals surface area contributed by atoms with Crippen molar-refractivity contribution < 1.29 is 0 Å². The van der Waals surface area contributed by atoms with Crippen LogP contribution >= 0.6 is 0 Å². The maximum absolute atomic E-state index is 6.37. The molecule has 0 aromatic rings. The minimum atomic E-state index is 0.149. The molecule has 0 aromatic heterocycles. The number of nitrogens with zero attached hydrogens (tertiary/aromatic N) is 2. The van der Waals surface area contributed by atoms with Gasteiger partial charge in [-0.1, -0.05) is 12.8 Å². The predicted molar refractivity (Wildman–Crippen MR) is 59.3 cm³/mol. The van der Waals surface area contributed by atoms with Crippen LogP contribution in [0.1, 0.15) is 25.7 Å². The van der Waals surface area contributed by atoms with Crippen LogP contribution in [0.3, 0.4) is 0 Å². The highest BCUT2D eigenvalue weighted by molar-refractivity contribution is 4.92. The molecule has 2 N–H and O–H groups in total. The van der Waals surface area contributed by atoms with E-state index < -0.39 is 0 Å². The molecule has 2 aliphatic rings. The molecule has 0 radical (unpaired) electrons. The normalized spacial score (nSPS) is 29.6. The van der Waals surface area contributed by atoms with Crippen molar-refractivity contribution in [2.75, 3.05) is 39.8 Å². The van der Waals surface area contributed by atoms with E-state index in [4.69, 9.17) is 5.73 Å². The molecular weight excluding hydrogens is 174 g/mol. The predicted octanol–water partition coefficient (Wildman–Crippen LogP) is 0.505. The van der Waals surface area contributed by atoms with Crippen molar-refractivity contribution in [3.63, 3.8) is 0 Å². The van der Waals surface area contributed by atoms with Crippen molar-refractivity contribution >= 4 is 0 Å². The first kappa shape index (κ1) is 10.4. The van der Waals surface area contributed by atoms with Crippen LogP contribution < -0.4 is 5.73 Å². The first-order valence-corrected chi connectivity index (χ1v) is 5.88. The van der Waals surface area contributed by atoms with E-state index in [0.717, 1.165) is 6.54 Å². The summed E-state index contributed by atoms with van der Waals surface area (Å²) < 4.78 is 0. The summed E-state index contributed by atoms with van der Waals surface area (Å²) in [6.45, 7) is 5.94. The van der Waals surface area contributed by atoms with Crippen molar-refractivity contribution in [1.29, 1.82) is 0 Å². The largest absolute Gasteiger partial charge is 0.324 e. The Bertz CT molecular complexity index is 179. The van der Waals surface area contributed by atoms with Crippen LogP contribution in [0.4, 0.5) is 0 Å². The van der Waals surface area contributed by atoms with Gasteiger partial charge in [0.25, 0.3) is 0 Å². The third-order valence-electron chi connectivity index (χ3n) is 3.73. The Morgan fingerprint density at radius 3 is 2.21 bits per heavy atom. The fourth-order valence-corrected chi connectivity index (χ4v) is 2.69. The third kappa shape index (κ3) is 2.47. The van der Waals surface area contributed by atoms with E-state index in [1.807, 2.05) is 0 Å². The molecule has 0 bridgehead atoms. The van der Waals surface area contributed by atoms with Gasteiger partial charge in [-0.15, -0.1) is 0 Å². The molecule has 0 amide bonds. The van der Waals surface area contributed by atoms with Gasteiger partial charge in [-0.3, -0.25) is 4.90 Å². The van der Waals surface area contributed by atoms with Crippen LogP contribution in [0.5, 0.6) is 0 Å². The summed E-state index contributed by atoms with van der Waals surface area (Å²) in [6, 6.07) is 0. The average molecular weight is 197 g/mol. The Balaban J connectivity index is 1.79. The summed E-state index contributed by atoms with van der Waals surface area (Å²) in [5.74, 6) is 0. The Kier molecular flexibility index (Phi) is 3.10. The van der Waals surface area contributed by atoms with Crippen molar-refractivity contribution in [2.45, 2.75) is 31.2 Å². The summed E-state index contributed by atoms with van der Waals surface area (Å²) in [4.78, 5) is 4.94. The van der Waals surface area contributed by atoms with Gasteiger partial charge in [-0.25, -0.2) is 0 Å². The summed E-state index contributed by atoms with van der Waals surface area (Å²) in [6.07, 6.45) is 5.15. The van der Waals surface area contributed by atoms with Crippen LogP contribution in [0.15, 0.2) is 0 Å². The first-order chi connectivity index (χ1) is 6.68. The molecule has 0 unspecified atom stereocenters. The Morgan fingerprint density at radius 1 is 1.07 bits per heavy atom. The van der Waals surface area contributed by atoms with E-state index in [1.54, 1.807) is 0 Å². The van der Waals surface area contributed by atoms with E-state index in [-0.39, 0.29) is 5.54 Å². The summed E-state index contributed by atoms with van der Waals surface area (Å²) in [5, 5.41) is 0. The zero-order valence-corrected chi connectivity index (χ0v) is 9.34. The lowest BCUT2D eigenvalue weighted by molar-refractivity contribution is 0.127. The van der Waals surface area contributed by atoms with Gasteiger partial charge in [0.15, 0.2) is 0 Å². The second kappa shape index (κ2) is 4.17. The maximum atomic E-state index is 6.37. The molecule has 0 aromatic carbocycles. The molecule has 0 spiro atoms. The number of hydrogen-bond donors (Lipinski definition) is 1. The molecule has 1 saturated carbocycles. The first-order valence-electron chi connectivity index (χ1n) is 5.88. The molecule has 1 aliphatic carbocycles. The fraction of sp³-hybridized carbons (Fsp3) is 1.00. The van der Waals surface area contributed by atoms with Gasteiger partial charge in [0, 0.05) is 38.3 Å². The second-order valence-electron chi connectivity index (χ2n) is 5.15. The molecule has 82 valence electrons. The van der Waals surface area contributed by atoms with Crippen LogP contribution in [0, 0.1) is 0 Å². The molecule has 0 atom stereocenters. The standard InChI is InChI=1S/C11H23N3/c1-13-6-8-14(9-7-13)10-11(12)4-2-3-5-11/h2-10,12H2,1H3. The zero-order valence-electron chi connectivity index (χ0n) is 9.34. The molecular formula is C11H23N3. The zero-order chi connectivity index (χ0) is 10.0. The number of nitrogens with two attached hydrogens (primary N) is 1. The lowest BCUT2D eigenvalue weighted by atomic mass is 9.98. The van der Waals surface area contributed by atoms with Crippen LogP contribution in [0.25, 0.3) is 0 Å². The van der Waals surface area contributed by atoms with Crippen molar-refractivity contribution in [3.05, 3.63) is 0 Å². The average Bonchev–Trinajstić information content (AvgIpc) is 2.57. The molecule has 3 heteroatoms. The lowest BCUT2D eigenvalue weighted by Crippen LogP contribution is -2.53.